The molecule has 0 aliphatic carbocycles. The van der Waals surface area contributed by atoms with Crippen LogP contribution in [0.25, 0.3) is 0 Å². The second kappa shape index (κ2) is 18.2. The molecule has 0 saturated carbocycles. The van der Waals surface area contributed by atoms with Crippen molar-refractivity contribution in [2.75, 3.05) is 19.6 Å². The third kappa shape index (κ3) is 12.6. The summed E-state index contributed by atoms with van der Waals surface area (Å²) in [6.45, 7) is 5.04. The summed E-state index contributed by atoms with van der Waals surface area (Å²) in [4.78, 5) is 15.0. The summed E-state index contributed by atoms with van der Waals surface area (Å²) in [5.74, 6) is 0.0558. The van der Waals surface area contributed by atoms with Gasteiger partial charge < -0.3 is 15.3 Å². The van der Waals surface area contributed by atoms with Crippen LogP contribution in [0.5, 0.6) is 0 Å². The van der Waals surface area contributed by atoms with Gasteiger partial charge in [0, 0.05) is 18.0 Å². The van der Waals surface area contributed by atoms with E-state index in [1.165, 1.54) is 83.5 Å². The van der Waals surface area contributed by atoms with Crippen LogP contribution in [-0.4, -0.2) is 41.6 Å². The highest BCUT2D eigenvalue weighted by atomic mass is 35.5. The van der Waals surface area contributed by atoms with Gasteiger partial charge in [-0.25, -0.2) is 0 Å². The summed E-state index contributed by atoms with van der Waals surface area (Å²) in [7, 11) is 0. The number of benzene rings is 1. The van der Waals surface area contributed by atoms with E-state index in [1.807, 2.05) is 12.1 Å². The van der Waals surface area contributed by atoms with Crippen molar-refractivity contribution in [1.29, 1.82) is 0 Å². The number of likely N-dealkylation sites (tertiary alicyclic amines) is 1. The Balaban J connectivity index is 1.60. The van der Waals surface area contributed by atoms with Crippen LogP contribution in [-0.2, 0) is 4.79 Å². The maximum atomic E-state index is 12.7. The monoisotopic (exact) mass is 492 g/mol. The molecular formula is C29H49ClN2O2. The number of rotatable bonds is 19. The van der Waals surface area contributed by atoms with Crippen molar-refractivity contribution in [2.24, 2.45) is 0 Å². The SMILES string of the molecule is CCCCCCCCCCCCCCCC(=O)N[C@H](CN1CCCC1)[C@H](O)c1ccc(Cl)cc1. The Morgan fingerprint density at radius 2 is 1.38 bits per heavy atom. The van der Waals surface area contributed by atoms with Gasteiger partial charge in [-0.2, -0.15) is 0 Å². The molecule has 1 heterocycles. The van der Waals surface area contributed by atoms with E-state index >= 15 is 0 Å². The molecule has 4 nitrogen and oxygen atoms in total. The normalized spacial score (nSPS) is 16.0. The van der Waals surface area contributed by atoms with Crippen molar-refractivity contribution >= 4 is 17.5 Å². The van der Waals surface area contributed by atoms with Crippen molar-refractivity contribution in [2.45, 2.75) is 122 Å². The van der Waals surface area contributed by atoms with Gasteiger partial charge in [-0.3, -0.25) is 4.79 Å². The number of carbonyl (C=O) groups excluding carboxylic acids is 1. The van der Waals surface area contributed by atoms with Gasteiger partial charge in [0.2, 0.25) is 5.91 Å². The number of hydrogen-bond donors (Lipinski definition) is 2. The molecule has 1 aromatic carbocycles. The van der Waals surface area contributed by atoms with Gasteiger partial charge in [0.25, 0.3) is 0 Å². The Kier molecular flexibility index (Phi) is 15.6. The summed E-state index contributed by atoms with van der Waals surface area (Å²) < 4.78 is 0. The third-order valence-corrected chi connectivity index (χ3v) is 7.35. The highest BCUT2D eigenvalue weighted by Crippen LogP contribution is 2.22. The Morgan fingerprint density at radius 1 is 0.882 bits per heavy atom. The van der Waals surface area contributed by atoms with Crippen LogP contribution in [0.4, 0.5) is 0 Å². The number of aliphatic hydroxyl groups excluding tert-OH is 1. The highest BCUT2D eigenvalue weighted by molar-refractivity contribution is 6.30. The predicted molar refractivity (Wildman–Crippen MR) is 144 cm³/mol. The van der Waals surface area contributed by atoms with Crippen LogP contribution >= 0.6 is 11.6 Å². The van der Waals surface area contributed by atoms with Crippen LogP contribution in [0.2, 0.25) is 5.02 Å². The summed E-state index contributed by atoms with van der Waals surface area (Å²) in [5, 5.41) is 14.8. The van der Waals surface area contributed by atoms with Crippen molar-refractivity contribution in [3.63, 3.8) is 0 Å². The first-order valence-electron chi connectivity index (χ1n) is 14.1. The van der Waals surface area contributed by atoms with Gasteiger partial charge in [-0.15, -0.1) is 0 Å². The van der Waals surface area contributed by atoms with E-state index in [0.717, 1.165) is 31.5 Å². The molecule has 34 heavy (non-hydrogen) atoms. The first kappa shape index (κ1) is 29.1. The lowest BCUT2D eigenvalue weighted by atomic mass is 10.0. The molecule has 194 valence electrons. The van der Waals surface area contributed by atoms with Crippen LogP contribution < -0.4 is 5.32 Å². The second-order valence-corrected chi connectivity index (χ2v) is 10.6. The van der Waals surface area contributed by atoms with Crippen molar-refractivity contribution in [1.82, 2.24) is 10.2 Å². The van der Waals surface area contributed by atoms with Gasteiger partial charge in [0.1, 0.15) is 6.10 Å². The standard InChI is InChI=1S/C29H49ClN2O2/c1-2-3-4-5-6-7-8-9-10-11-12-13-14-17-28(33)31-27(24-32-22-15-16-23-32)29(34)25-18-20-26(30)21-19-25/h18-21,27,29,34H,2-17,22-24H2,1H3,(H,31,33)/t27-,29-/m1/s1. The Bertz CT molecular complexity index is 646. The summed E-state index contributed by atoms with van der Waals surface area (Å²) in [6, 6.07) is 6.99. The molecule has 0 aromatic heterocycles. The minimum absolute atomic E-state index is 0.0558. The van der Waals surface area contributed by atoms with Crippen LogP contribution in [0, 0.1) is 0 Å². The fourth-order valence-electron chi connectivity index (χ4n) is 4.94. The average Bonchev–Trinajstić information content (AvgIpc) is 3.35. The topological polar surface area (TPSA) is 52.6 Å². The number of halogens is 1. The first-order valence-corrected chi connectivity index (χ1v) is 14.4. The maximum Gasteiger partial charge on any atom is 0.220 e. The molecule has 2 rings (SSSR count). The van der Waals surface area contributed by atoms with E-state index < -0.39 is 6.10 Å². The molecule has 0 spiro atoms. The maximum absolute atomic E-state index is 12.7. The molecule has 0 unspecified atom stereocenters. The summed E-state index contributed by atoms with van der Waals surface area (Å²) >= 11 is 6.00. The van der Waals surface area contributed by atoms with E-state index in [-0.39, 0.29) is 11.9 Å². The molecule has 1 amide bonds. The van der Waals surface area contributed by atoms with Gasteiger partial charge in [0.15, 0.2) is 0 Å². The first-order chi connectivity index (χ1) is 16.6. The number of carbonyl (C=O) groups is 1. The molecule has 1 aliphatic heterocycles. The van der Waals surface area contributed by atoms with Gasteiger partial charge in [-0.05, 0) is 50.0 Å². The minimum atomic E-state index is -0.728. The molecule has 0 radical (unpaired) electrons. The van der Waals surface area contributed by atoms with Crippen molar-refractivity contribution < 1.29 is 9.90 Å². The van der Waals surface area contributed by atoms with E-state index in [0.29, 0.717) is 18.0 Å². The van der Waals surface area contributed by atoms with Gasteiger partial charge in [-0.1, -0.05) is 108 Å². The second-order valence-electron chi connectivity index (χ2n) is 10.2. The largest absolute Gasteiger partial charge is 0.386 e. The van der Waals surface area contributed by atoms with Crippen LogP contribution in [0.3, 0.4) is 0 Å². The lowest BCUT2D eigenvalue weighted by Crippen LogP contribution is -2.46. The number of aliphatic hydroxyl groups is 1. The van der Waals surface area contributed by atoms with Gasteiger partial charge >= 0.3 is 0 Å². The molecule has 0 bridgehead atoms. The zero-order chi connectivity index (χ0) is 24.4. The zero-order valence-electron chi connectivity index (χ0n) is 21.6. The molecule has 1 aromatic rings. The number of amides is 1. The van der Waals surface area contributed by atoms with Crippen molar-refractivity contribution in [3.8, 4) is 0 Å². The molecule has 1 saturated heterocycles. The highest BCUT2D eigenvalue weighted by Gasteiger charge is 2.26. The molecule has 5 heteroatoms. The molecule has 2 atom stereocenters. The van der Waals surface area contributed by atoms with E-state index in [9.17, 15) is 9.90 Å². The molecule has 1 aliphatic rings. The van der Waals surface area contributed by atoms with E-state index in [2.05, 4.69) is 17.1 Å². The lowest BCUT2D eigenvalue weighted by molar-refractivity contribution is -0.123. The number of nitrogens with one attached hydrogen (secondary N) is 1. The fraction of sp³-hybridized carbons (Fsp3) is 0.759. The smallest absolute Gasteiger partial charge is 0.220 e. The Labute approximate surface area is 213 Å². The third-order valence-electron chi connectivity index (χ3n) is 7.10. The van der Waals surface area contributed by atoms with Crippen LogP contribution in [0.1, 0.15) is 121 Å². The number of nitrogens with zero attached hydrogens (tertiary/aromatic N) is 1. The Hall–Kier alpha value is -1.10. The quantitative estimate of drug-likeness (QED) is 0.197. The molecule has 2 N–H and O–H groups in total. The number of hydrogen-bond acceptors (Lipinski definition) is 3. The zero-order valence-corrected chi connectivity index (χ0v) is 22.3. The van der Waals surface area contributed by atoms with Crippen LogP contribution in [0.15, 0.2) is 24.3 Å². The van der Waals surface area contributed by atoms with E-state index in [4.69, 9.17) is 11.6 Å². The predicted octanol–water partition coefficient (Wildman–Crippen LogP) is 7.44. The minimum Gasteiger partial charge on any atom is -0.386 e. The fourth-order valence-corrected chi connectivity index (χ4v) is 5.07. The summed E-state index contributed by atoms with van der Waals surface area (Å²) in [5.41, 5.74) is 0.801. The Morgan fingerprint density at radius 3 is 1.91 bits per heavy atom. The van der Waals surface area contributed by atoms with Gasteiger partial charge in [0.05, 0.1) is 6.04 Å². The average molecular weight is 493 g/mol. The van der Waals surface area contributed by atoms with Crippen molar-refractivity contribution in [3.05, 3.63) is 34.9 Å². The number of unbranched alkanes of at least 4 members (excludes halogenated alkanes) is 12. The van der Waals surface area contributed by atoms with E-state index in [1.54, 1.807) is 12.1 Å². The molecule has 1 fully saturated rings. The summed E-state index contributed by atoms with van der Waals surface area (Å²) in [6.07, 6.45) is 19.1. The lowest BCUT2D eigenvalue weighted by Gasteiger charge is -2.29. The molecular weight excluding hydrogens is 444 g/mol.